The summed E-state index contributed by atoms with van der Waals surface area (Å²) >= 11 is 0. The molecule has 0 saturated heterocycles. The lowest BCUT2D eigenvalue weighted by Gasteiger charge is -2.10. The van der Waals surface area contributed by atoms with Gasteiger partial charge in [0, 0.05) is 0 Å². The number of fused-ring (bicyclic) bond motifs is 1. The van der Waals surface area contributed by atoms with E-state index in [1.54, 1.807) is 18.2 Å². The van der Waals surface area contributed by atoms with Gasteiger partial charge in [0.15, 0.2) is 0 Å². The van der Waals surface area contributed by atoms with Crippen LogP contribution in [0.2, 0.25) is 0 Å². The van der Waals surface area contributed by atoms with E-state index in [4.69, 9.17) is 0 Å². The molecular weight excluding hydrogens is 232 g/mol. The minimum absolute atomic E-state index is 0.0514. The molecule has 0 heterocycles. The van der Waals surface area contributed by atoms with Gasteiger partial charge in [0.05, 0.1) is 18.1 Å². The number of rotatable bonds is 2. The van der Waals surface area contributed by atoms with Crippen molar-refractivity contribution in [3.05, 3.63) is 42.5 Å². The van der Waals surface area contributed by atoms with E-state index in [0.717, 1.165) is 0 Å². The molecule has 0 unspecified atom stereocenters. The molecule has 2 rings (SSSR count). The van der Waals surface area contributed by atoms with Gasteiger partial charge in [-0.3, -0.25) is 0 Å². The third-order valence-corrected chi connectivity index (χ3v) is 2.75. The first-order chi connectivity index (χ1) is 8.56. The lowest BCUT2D eigenvalue weighted by atomic mass is 9.98. The standard InChI is InChI=1S/C14H12O4/c1-8(14(17)18-2)9-6-7-12(16)13-10(9)4-3-5-11(13)15/h3-7,15-16H,1H2,2H3. The van der Waals surface area contributed by atoms with Gasteiger partial charge in [-0.2, -0.15) is 0 Å². The third-order valence-electron chi connectivity index (χ3n) is 2.75. The molecule has 2 aromatic carbocycles. The van der Waals surface area contributed by atoms with Crippen LogP contribution < -0.4 is 0 Å². The SMILES string of the molecule is C=C(C(=O)OC)c1ccc(O)c2c(O)cccc12. The molecule has 0 amide bonds. The number of methoxy groups -OCH3 is 1. The van der Waals surface area contributed by atoms with Crippen molar-refractivity contribution < 1.29 is 19.7 Å². The fourth-order valence-corrected chi connectivity index (χ4v) is 1.87. The molecule has 0 radical (unpaired) electrons. The lowest BCUT2D eigenvalue weighted by molar-refractivity contribution is -0.133. The molecule has 0 saturated carbocycles. The van der Waals surface area contributed by atoms with Crippen LogP contribution in [-0.4, -0.2) is 23.3 Å². The van der Waals surface area contributed by atoms with Crippen LogP contribution in [0.5, 0.6) is 11.5 Å². The molecule has 2 N–H and O–H groups in total. The summed E-state index contributed by atoms with van der Waals surface area (Å²) in [5.41, 5.74) is 0.693. The van der Waals surface area contributed by atoms with Crippen LogP contribution in [0.25, 0.3) is 16.3 Å². The molecule has 0 fully saturated rings. The Hall–Kier alpha value is -2.49. The number of phenolic OH excluding ortho intramolecular Hbond substituents is 2. The van der Waals surface area contributed by atoms with Crippen molar-refractivity contribution in [1.29, 1.82) is 0 Å². The quantitative estimate of drug-likeness (QED) is 0.629. The van der Waals surface area contributed by atoms with E-state index >= 15 is 0 Å². The Morgan fingerprint density at radius 1 is 1.17 bits per heavy atom. The maximum absolute atomic E-state index is 11.5. The van der Waals surface area contributed by atoms with Gasteiger partial charge in [0.2, 0.25) is 0 Å². The largest absolute Gasteiger partial charge is 0.507 e. The summed E-state index contributed by atoms with van der Waals surface area (Å²) in [7, 11) is 1.27. The predicted octanol–water partition coefficient (Wildman–Crippen LogP) is 2.44. The minimum atomic E-state index is -0.551. The van der Waals surface area contributed by atoms with Crippen molar-refractivity contribution in [3.63, 3.8) is 0 Å². The molecule has 2 aromatic rings. The van der Waals surface area contributed by atoms with Crippen LogP contribution in [0.3, 0.4) is 0 Å². The van der Waals surface area contributed by atoms with Crippen LogP contribution in [0, 0.1) is 0 Å². The van der Waals surface area contributed by atoms with Gasteiger partial charge in [-0.15, -0.1) is 0 Å². The van der Waals surface area contributed by atoms with E-state index in [-0.39, 0.29) is 17.1 Å². The van der Waals surface area contributed by atoms with Gasteiger partial charge in [0.25, 0.3) is 0 Å². The molecule has 0 spiro atoms. The minimum Gasteiger partial charge on any atom is -0.507 e. The molecule has 4 heteroatoms. The van der Waals surface area contributed by atoms with E-state index in [0.29, 0.717) is 16.3 Å². The highest BCUT2D eigenvalue weighted by atomic mass is 16.5. The van der Waals surface area contributed by atoms with Crippen LogP contribution in [-0.2, 0) is 9.53 Å². The summed E-state index contributed by atoms with van der Waals surface area (Å²) in [6.07, 6.45) is 0. The molecule has 18 heavy (non-hydrogen) atoms. The highest BCUT2D eigenvalue weighted by molar-refractivity contribution is 6.20. The lowest BCUT2D eigenvalue weighted by Crippen LogP contribution is -2.03. The Bertz CT molecular complexity index is 635. The van der Waals surface area contributed by atoms with Crippen LogP contribution in [0.4, 0.5) is 0 Å². The van der Waals surface area contributed by atoms with E-state index < -0.39 is 5.97 Å². The number of hydrogen-bond donors (Lipinski definition) is 2. The van der Waals surface area contributed by atoms with Crippen molar-refractivity contribution in [1.82, 2.24) is 0 Å². The Kier molecular flexibility index (Phi) is 2.93. The third kappa shape index (κ3) is 1.78. The number of hydrogen-bond acceptors (Lipinski definition) is 4. The average molecular weight is 244 g/mol. The van der Waals surface area contributed by atoms with Gasteiger partial charge >= 0.3 is 5.97 Å². The van der Waals surface area contributed by atoms with Crippen LogP contribution in [0.1, 0.15) is 5.56 Å². The van der Waals surface area contributed by atoms with Gasteiger partial charge in [-0.25, -0.2) is 4.79 Å². The molecule has 0 aliphatic heterocycles. The number of phenols is 2. The maximum Gasteiger partial charge on any atom is 0.337 e. The fourth-order valence-electron chi connectivity index (χ4n) is 1.87. The average Bonchev–Trinajstić information content (AvgIpc) is 2.37. The van der Waals surface area contributed by atoms with Crippen molar-refractivity contribution in [3.8, 4) is 11.5 Å². The van der Waals surface area contributed by atoms with Crippen molar-refractivity contribution in [2.45, 2.75) is 0 Å². The van der Waals surface area contributed by atoms with Gasteiger partial charge in [-0.05, 0) is 29.1 Å². The summed E-state index contributed by atoms with van der Waals surface area (Å²) < 4.78 is 4.61. The normalized spacial score (nSPS) is 10.3. The molecule has 0 aliphatic rings. The molecule has 0 bridgehead atoms. The first kappa shape index (κ1) is 12.0. The van der Waals surface area contributed by atoms with Crippen molar-refractivity contribution in [2.75, 3.05) is 7.11 Å². The van der Waals surface area contributed by atoms with E-state index in [2.05, 4.69) is 11.3 Å². The van der Waals surface area contributed by atoms with Crippen LogP contribution >= 0.6 is 0 Å². The summed E-state index contributed by atoms with van der Waals surface area (Å²) in [5.74, 6) is -0.653. The summed E-state index contributed by atoms with van der Waals surface area (Å²) in [6, 6.07) is 7.76. The van der Waals surface area contributed by atoms with E-state index in [1.807, 2.05) is 0 Å². The number of ether oxygens (including phenoxy) is 1. The first-order valence-corrected chi connectivity index (χ1v) is 5.27. The van der Waals surface area contributed by atoms with Gasteiger partial charge < -0.3 is 14.9 Å². The predicted molar refractivity (Wildman–Crippen MR) is 68.3 cm³/mol. The molecule has 0 aliphatic carbocycles. The van der Waals surface area contributed by atoms with E-state index in [1.165, 1.54) is 19.2 Å². The zero-order chi connectivity index (χ0) is 13.3. The van der Waals surface area contributed by atoms with Gasteiger partial charge in [-0.1, -0.05) is 18.7 Å². The Morgan fingerprint density at radius 3 is 2.50 bits per heavy atom. The number of esters is 1. The Balaban J connectivity index is 2.75. The fraction of sp³-hybridized carbons (Fsp3) is 0.0714. The second-order valence-electron chi connectivity index (χ2n) is 3.80. The molecule has 4 nitrogen and oxygen atoms in total. The van der Waals surface area contributed by atoms with E-state index in [9.17, 15) is 15.0 Å². The summed E-state index contributed by atoms with van der Waals surface area (Å²) in [5, 5.41) is 20.3. The molecule has 0 atom stereocenters. The second-order valence-corrected chi connectivity index (χ2v) is 3.80. The Labute approximate surface area is 104 Å². The molecule has 0 aromatic heterocycles. The Morgan fingerprint density at radius 2 is 1.83 bits per heavy atom. The van der Waals surface area contributed by atoms with Crippen molar-refractivity contribution in [2.24, 2.45) is 0 Å². The maximum atomic E-state index is 11.5. The number of benzene rings is 2. The second kappa shape index (κ2) is 4.41. The zero-order valence-corrected chi connectivity index (χ0v) is 9.80. The highest BCUT2D eigenvalue weighted by Gasteiger charge is 2.15. The van der Waals surface area contributed by atoms with Crippen molar-refractivity contribution >= 4 is 22.3 Å². The van der Waals surface area contributed by atoms with Crippen LogP contribution in [0.15, 0.2) is 36.9 Å². The summed E-state index contributed by atoms with van der Waals surface area (Å²) in [4.78, 5) is 11.5. The zero-order valence-electron chi connectivity index (χ0n) is 9.80. The smallest absolute Gasteiger partial charge is 0.337 e. The highest BCUT2D eigenvalue weighted by Crippen LogP contribution is 2.36. The number of carbonyl (C=O) groups excluding carboxylic acids is 1. The molecular formula is C14H12O4. The number of aromatic hydroxyl groups is 2. The molecule has 92 valence electrons. The monoisotopic (exact) mass is 244 g/mol. The number of carbonyl (C=O) groups is 1. The van der Waals surface area contributed by atoms with Gasteiger partial charge in [0.1, 0.15) is 11.5 Å². The first-order valence-electron chi connectivity index (χ1n) is 5.27. The summed E-state index contributed by atoms with van der Waals surface area (Å²) in [6.45, 7) is 3.67. The topological polar surface area (TPSA) is 66.8 Å².